The molecule has 0 bridgehead atoms. The molecular formula is C7H5F4NS. The number of alkyl halides is 3. The van der Waals surface area contributed by atoms with E-state index < -0.39 is 28.1 Å². The molecule has 0 radical (unpaired) electrons. The first-order valence-corrected chi connectivity index (χ1v) is 3.62. The molecule has 2 N–H and O–H groups in total. The molecule has 0 saturated heterocycles. The van der Waals surface area contributed by atoms with Gasteiger partial charge in [-0.3, -0.25) is 0 Å². The van der Waals surface area contributed by atoms with Crippen LogP contribution in [0, 0.1) is 5.82 Å². The number of nitrogens with two attached hydrogens (primary N) is 1. The van der Waals surface area contributed by atoms with Crippen molar-refractivity contribution in [2.24, 2.45) is 0 Å². The van der Waals surface area contributed by atoms with E-state index in [2.05, 4.69) is 12.6 Å². The monoisotopic (exact) mass is 211 g/mol. The van der Waals surface area contributed by atoms with Gasteiger partial charge in [-0.2, -0.15) is 13.2 Å². The SMILES string of the molecule is Nc1cc(F)cc(S)c1C(F)(F)F. The Morgan fingerprint density at radius 2 is 1.77 bits per heavy atom. The standard InChI is InChI=1S/C7H5F4NS/c8-3-1-4(12)6(5(13)2-3)7(9,10)11/h1-2,13H,12H2. The van der Waals surface area contributed by atoms with Crippen LogP contribution >= 0.6 is 12.6 Å². The maximum absolute atomic E-state index is 12.5. The van der Waals surface area contributed by atoms with Crippen LogP contribution in [0.25, 0.3) is 0 Å². The molecule has 0 fully saturated rings. The molecule has 1 aromatic carbocycles. The molecule has 6 heteroatoms. The van der Waals surface area contributed by atoms with Gasteiger partial charge < -0.3 is 5.73 Å². The summed E-state index contributed by atoms with van der Waals surface area (Å²) < 4.78 is 49.1. The third-order valence-electron chi connectivity index (χ3n) is 1.40. The summed E-state index contributed by atoms with van der Waals surface area (Å²) in [5, 5.41) is 0. The Morgan fingerprint density at radius 1 is 1.23 bits per heavy atom. The molecule has 0 amide bonds. The van der Waals surface area contributed by atoms with Crippen molar-refractivity contribution in [2.45, 2.75) is 11.1 Å². The first-order valence-electron chi connectivity index (χ1n) is 3.17. The van der Waals surface area contributed by atoms with E-state index in [-0.39, 0.29) is 0 Å². The van der Waals surface area contributed by atoms with Crippen molar-refractivity contribution in [3.8, 4) is 0 Å². The number of halogens is 4. The van der Waals surface area contributed by atoms with E-state index in [0.29, 0.717) is 12.1 Å². The molecule has 0 atom stereocenters. The zero-order valence-corrected chi connectivity index (χ0v) is 7.09. The largest absolute Gasteiger partial charge is 0.419 e. The first-order chi connectivity index (χ1) is 5.82. The van der Waals surface area contributed by atoms with Gasteiger partial charge in [0.1, 0.15) is 5.82 Å². The molecule has 0 heterocycles. The summed E-state index contributed by atoms with van der Waals surface area (Å²) in [6.07, 6.45) is -4.60. The highest BCUT2D eigenvalue weighted by molar-refractivity contribution is 7.80. The molecule has 0 aliphatic rings. The summed E-state index contributed by atoms with van der Waals surface area (Å²) >= 11 is 3.49. The predicted octanol–water partition coefficient (Wildman–Crippen LogP) is 2.72. The van der Waals surface area contributed by atoms with Crippen molar-refractivity contribution < 1.29 is 17.6 Å². The van der Waals surface area contributed by atoms with Crippen LogP contribution in [0.15, 0.2) is 17.0 Å². The highest BCUT2D eigenvalue weighted by Gasteiger charge is 2.35. The minimum absolute atomic E-state index is 0.509. The van der Waals surface area contributed by atoms with Crippen LogP contribution < -0.4 is 5.73 Å². The average Bonchev–Trinajstić information content (AvgIpc) is 1.78. The zero-order chi connectivity index (χ0) is 10.2. The van der Waals surface area contributed by atoms with Crippen molar-refractivity contribution in [2.75, 3.05) is 5.73 Å². The van der Waals surface area contributed by atoms with Gasteiger partial charge in [-0.1, -0.05) is 0 Å². The number of benzene rings is 1. The highest BCUT2D eigenvalue weighted by atomic mass is 32.1. The van der Waals surface area contributed by atoms with Crippen LogP contribution in [-0.4, -0.2) is 0 Å². The molecule has 0 aliphatic heterocycles. The molecule has 0 spiro atoms. The van der Waals surface area contributed by atoms with E-state index in [1.807, 2.05) is 0 Å². The lowest BCUT2D eigenvalue weighted by atomic mass is 10.1. The Morgan fingerprint density at radius 3 is 2.15 bits per heavy atom. The minimum atomic E-state index is -4.60. The van der Waals surface area contributed by atoms with Crippen molar-refractivity contribution in [3.63, 3.8) is 0 Å². The molecule has 0 aliphatic carbocycles. The van der Waals surface area contributed by atoms with Crippen molar-refractivity contribution >= 4 is 18.3 Å². The fourth-order valence-electron chi connectivity index (χ4n) is 0.922. The molecule has 1 rings (SSSR count). The van der Waals surface area contributed by atoms with E-state index in [4.69, 9.17) is 5.73 Å². The van der Waals surface area contributed by atoms with Crippen LogP contribution in [0.2, 0.25) is 0 Å². The van der Waals surface area contributed by atoms with Gasteiger partial charge in [0.2, 0.25) is 0 Å². The molecular weight excluding hydrogens is 206 g/mol. The summed E-state index contributed by atoms with van der Waals surface area (Å²) in [5.41, 5.74) is 3.24. The third kappa shape index (κ3) is 2.06. The molecule has 0 unspecified atom stereocenters. The van der Waals surface area contributed by atoms with E-state index in [1.165, 1.54) is 0 Å². The van der Waals surface area contributed by atoms with Crippen LogP contribution in [0.1, 0.15) is 5.56 Å². The zero-order valence-electron chi connectivity index (χ0n) is 6.19. The van der Waals surface area contributed by atoms with Gasteiger partial charge in [-0.05, 0) is 12.1 Å². The van der Waals surface area contributed by atoms with Gasteiger partial charge in [0.25, 0.3) is 0 Å². The normalized spacial score (nSPS) is 11.8. The number of rotatable bonds is 0. The van der Waals surface area contributed by atoms with Crippen LogP contribution in [0.4, 0.5) is 23.2 Å². The van der Waals surface area contributed by atoms with Gasteiger partial charge in [0.05, 0.1) is 5.56 Å². The lowest BCUT2D eigenvalue weighted by Crippen LogP contribution is -2.10. The summed E-state index contributed by atoms with van der Waals surface area (Å²) in [4.78, 5) is -0.509. The Balaban J connectivity index is 3.38. The Bertz CT molecular complexity index is 311. The lowest BCUT2D eigenvalue weighted by molar-refractivity contribution is -0.139. The molecule has 13 heavy (non-hydrogen) atoms. The van der Waals surface area contributed by atoms with E-state index in [9.17, 15) is 17.6 Å². The number of thiol groups is 1. The fourth-order valence-corrected chi connectivity index (χ4v) is 1.30. The minimum Gasteiger partial charge on any atom is -0.398 e. The Labute approximate surface area is 77.0 Å². The number of hydrogen-bond donors (Lipinski definition) is 2. The van der Waals surface area contributed by atoms with Gasteiger partial charge in [0.15, 0.2) is 0 Å². The second-order valence-corrected chi connectivity index (χ2v) is 2.87. The second kappa shape index (κ2) is 3.10. The highest BCUT2D eigenvalue weighted by Crippen LogP contribution is 2.38. The average molecular weight is 211 g/mol. The topological polar surface area (TPSA) is 26.0 Å². The van der Waals surface area contributed by atoms with Crippen molar-refractivity contribution in [1.82, 2.24) is 0 Å². The first kappa shape index (κ1) is 10.2. The number of nitrogen functional groups attached to an aromatic ring is 1. The smallest absolute Gasteiger partial charge is 0.398 e. The summed E-state index contributed by atoms with van der Waals surface area (Å²) in [6, 6.07) is 1.28. The lowest BCUT2D eigenvalue weighted by Gasteiger charge is -2.11. The number of anilines is 1. The summed E-state index contributed by atoms with van der Waals surface area (Å²) in [7, 11) is 0. The van der Waals surface area contributed by atoms with Crippen LogP contribution in [-0.2, 0) is 6.18 Å². The second-order valence-electron chi connectivity index (χ2n) is 2.39. The van der Waals surface area contributed by atoms with Gasteiger partial charge in [-0.15, -0.1) is 12.6 Å². The quantitative estimate of drug-likeness (QED) is 0.385. The summed E-state index contributed by atoms with van der Waals surface area (Å²) in [5.74, 6) is -0.838. The van der Waals surface area contributed by atoms with E-state index >= 15 is 0 Å². The Kier molecular flexibility index (Phi) is 2.42. The maximum Gasteiger partial charge on any atom is 0.419 e. The van der Waals surface area contributed by atoms with Crippen LogP contribution in [0.5, 0.6) is 0 Å². The number of hydrogen-bond acceptors (Lipinski definition) is 2. The van der Waals surface area contributed by atoms with Gasteiger partial charge in [0, 0.05) is 10.6 Å². The maximum atomic E-state index is 12.5. The van der Waals surface area contributed by atoms with Crippen molar-refractivity contribution in [3.05, 3.63) is 23.5 Å². The van der Waals surface area contributed by atoms with Crippen LogP contribution in [0.3, 0.4) is 0 Å². The molecule has 0 saturated carbocycles. The van der Waals surface area contributed by atoms with Gasteiger partial charge in [-0.25, -0.2) is 4.39 Å². The predicted molar refractivity (Wildman–Crippen MR) is 43.1 cm³/mol. The molecule has 72 valence electrons. The molecule has 1 aromatic rings. The van der Waals surface area contributed by atoms with Crippen molar-refractivity contribution in [1.29, 1.82) is 0 Å². The van der Waals surface area contributed by atoms with Gasteiger partial charge >= 0.3 is 6.18 Å². The molecule has 1 nitrogen and oxygen atoms in total. The Hall–Kier alpha value is -0.910. The summed E-state index contributed by atoms with van der Waals surface area (Å²) in [6.45, 7) is 0. The van der Waals surface area contributed by atoms with E-state index in [0.717, 1.165) is 0 Å². The third-order valence-corrected chi connectivity index (χ3v) is 1.75. The fraction of sp³-hybridized carbons (Fsp3) is 0.143. The van der Waals surface area contributed by atoms with E-state index in [1.54, 1.807) is 0 Å². The molecule has 0 aromatic heterocycles.